The molecule has 9 aromatic carbocycles. The highest BCUT2D eigenvalue weighted by Gasteiger charge is 2.16. The molecule has 0 aliphatic carbocycles. The smallest absolute Gasteiger partial charge is 0.143 e. The van der Waals surface area contributed by atoms with Crippen LogP contribution in [-0.4, -0.2) is 0 Å². The summed E-state index contributed by atoms with van der Waals surface area (Å²) in [7, 11) is 0. The Morgan fingerprint density at radius 2 is 0.815 bits per heavy atom. The fourth-order valence-corrected chi connectivity index (χ4v) is 8.31. The van der Waals surface area contributed by atoms with Gasteiger partial charge in [-0.05, 0) is 103 Å². The van der Waals surface area contributed by atoms with Crippen molar-refractivity contribution >= 4 is 76.2 Å². The largest absolute Gasteiger partial charge is 0.456 e. The number of hydrogen-bond donors (Lipinski definition) is 0. The predicted molar refractivity (Wildman–Crippen MR) is 227 cm³/mol. The van der Waals surface area contributed by atoms with E-state index in [0.717, 1.165) is 71.3 Å². The van der Waals surface area contributed by atoms with Gasteiger partial charge >= 0.3 is 0 Å². The highest BCUT2D eigenvalue weighted by Crippen LogP contribution is 2.41. The van der Waals surface area contributed by atoms with Crippen LogP contribution < -0.4 is 0 Å². The van der Waals surface area contributed by atoms with Gasteiger partial charge < -0.3 is 8.83 Å². The average molecular weight is 689 g/mol. The lowest BCUT2D eigenvalue weighted by molar-refractivity contribution is 0.669. The molecule has 0 radical (unpaired) electrons. The molecule has 54 heavy (non-hydrogen) atoms. The van der Waals surface area contributed by atoms with E-state index in [2.05, 4.69) is 182 Å². The first kappa shape index (κ1) is 30.5. The van der Waals surface area contributed by atoms with Gasteiger partial charge in [0.05, 0.1) is 0 Å². The molecular weight excluding hydrogens is 657 g/mol. The molecule has 0 spiro atoms. The molecule has 0 saturated carbocycles. The monoisotopic (exact) mass is 688 g/mol. The molecule has 2 nitrogen and oxygen atoms in total. The van der Waals surface area contributed by atoms with E-state index in [1.54, 1.807) is 0 Å². The fraction of sp³-hybridized carbons (Fsp3) is 0. The van der Waals surface area contributed by atoms with E-state index in [-0.39, 0.29) is 0 Å². The van der Waals surface area contributed by atoms with Crippen molar-refractivity contribution in [3.8, 4) is 33.4 Å². The lowest BCUT2D eigenvalue weighted by atomic mass is 9.93. The lowest BCUT2D eigenvalue weighted by Crippen LogP contribution is -1.84. The van der Waals surface area contributed by atoms with Crippen LogP contribution in [0.15, 0.2) is 203 Å². The minimum atomic E-state index is 0.884. The quantitative estimate of drug-likeness (QED) is 0.185. The molecule has 11 rings (SSSR count). The van der Waals surface area contributed by atoms with Crippen LogP contribution in [0.4, 0.5) is 0 Å². The van der Waals surface area contributed by atoms with Gasteiger partial charge in [-0.25, -0.2) is 0 Å². The van der Waals surface area contributed by atoms with Gasteiger partial charge in [0, 0.05) is 26.9 Å². The molecule has 11 aromatic rings. The molecule has 2 heteroatoms. The number of para-hydroxylation sites is 1. The summed E-state index contributed by atoms with van der Waals surface area (Å²) in [5, 5.41) is 11.6. The highest BCUT2D eigenvalue weighted by molar-refractivity contribution is 6.25. The van der Waals surface area contributed by atoms with Crippen molar-refractivity contribution in [3.05, 3.63) is 194 Å². The molecular formula is C52H32O2. The molecule has 0 N–H and O–H groups in total. The third-order valence-corrected chi connectivity index (χ3v) is 10.9. The summed E-state index contributed by atoms with van der Waals surface area (Å²) in [6.45, 7) is 0. The van der Waals surface area contributed by atoms with E-state index in [0.29, 0.717) is 0 Å². The molecule has 0 bridgehead atoms. The maximum absolute atomic E-state index is 6.57. The first-order chi connectivity index (χ1) is 26.8. The molecule has 0 unspecified atom stereocenters. The van der Waals surface area contributed by atoms with Crippen LogP contribution >= 0.6 is 0 Å². The van der Waals surface area contributed by atoms with Crippen LogP contribution in [0.1, 0.15) is 0 Å². The predicted octanol–water partition coefficient (Wildman–Crippen LogP) is 15.1. The Bertz CT molecular complexity index is 3320. The summed E-state index contributed by atoms with van der Waals surface area (Å²) in [5.74, 6) is 0. The molecule has 0 saturated heterocycles. The summed E-state index contributed by atoms with van der Waals surface area (Å²) in [6.07, 6.45) is 0. The van der Waals surface area contributed by atoms with Gasteiger partial charge in [-0.1, -0.05) is 152 Å². The summed E-state index contributed by atoms with van der Waals surface area (Å²) in [6, 6.07) is 69.4. The Morgan fingerprint density at radius 3 is 1.63 bits per heavy atom. The second-order valence-electron chi connectivity index (χ2n) is 14.0. The summed E-state index contributed by atoms with van der Waals surface area (Å²) >= 11 is 0. The average Bonchev–Trinajstić information content (AvgIpc) is 3.81. The number of benzene rings is 8. The standard InChI is InChI=1S/C52H32O2/c1-2-4-14-40(38-24-21-33-11-5-6-12-36(33)31-38)42-16-8-7-15-41(42)39(13-3-1)35-22-19-34(20-23-35)37-25-29-49-47(32-37)45-27-26-43-44(52(45)54-49)28-30-50-51(43)46-17-9-10-18-48(46)53-50/h1-32H. The van der Waals surface area contributed by atoms with Crippen LogP contribution in [0.5, 0.6) is 0 Å². The van der Waals surface area contributed by atoms with Crippen molar-refractivity contribution < 1.29 is 8.83 Å². The van der Waals surface area contributed by atoms with E-state index >= 15 is 0 Å². The van der Waals surface area contributed by atoms with E-state index in [9.17, 15) is 0 Å². The first-order valence-electron chi connectivity index (χ1n) is 18.4. The Kier molecular flexibility index (Phi) is 6.90. The van der Waals surface area contributed by atoms with Crippen LogP contribution in [0, 0.1) is 0 Å². The van der Waals surface area contributed by atoms with Crippen molar-refractivity contribution in [2.75, 3.05) is 0 Å². The van der Waals surface area contributed by atoms with Crippen LogP contribution in [0.2, 0.25) is 0 Å². The molecule has 0 atom stereocenters. The third-order valence-electron chi connectivity index (χ3n) is 10.9. The zero-order valence-electron chi connectivity index (χ0n) is 29.3. The van der Waals surface area contributed by atoms with E-state index < -0.39 is 0 Å². The van der Waals surface area contributed by atoms with Crippen molar-refractivity contribution in [2.45, 2.75) is 0 Å². The van der Waals surface area contributed by atoms with Gasteiger partial charge in [-0.3, -0.25) is 0 Å². The van der Waals surface area contributed by atoms with Gasteiger partial charge in [-0.2, -0.15) is 0 Å². The van der Waals surface area contributed by atoms with Gasteiger partial charge in [0.15, 0.2) is 0 Å². The first-order valence-corrected chi connectivity index (χ1v) is 18.4. The Balaban J connectivity index is 1.02. The van der Waals surface area contributed by atoms with E-state index in [1.807, 2.05) is 12.1 Å². The van der Waals surface area contributed by atoms with Crippen molar-refractivity contribution in [1.29, 1.82) is 0 Å². The number of fused-ring (bicyclic) bond motifs is 11. The molecule has 2 aromatic heterocycles. The van der Waals surface area contributed by atoms with Crippen LogP contribution in [0.3, 0.4) is 0 Å². The second-order valence-corrected chi connectivity index (χ2v) is 14.0. The number of furan rings is 2. The summed E-state index contributed by atoms with van der Waals surface area (Å²) < 4.78 is 12.8. The summed E-state index contributed by atoms with van der Waals surface area (Å²) in [5.41, 5.74) is 10.6. The molecule has 0 aliphatic rings. The highest BCUT2D eigenvalue weighted by atomic mass is 16.3. The van der Waals surface area contributed by atoms with Crippen molar-refractivity contribution in [2.24, 2.45) is 0 Å². The lowest BCUT2D eigenvalue weighted by Gasteiger charge is -2.11. The van der Waals surface area contributed by atoms with Gasteiger partial charge in [0.25, 0.3) is 0 Å². The Hall–Kier alpha value is -7.16. The third kappa shape index (κ3) is 4.88. The topological polar surface area (TPSA) is 26.3 Å². The molecule has 0 aliphatic heterocycles. The minimum Gasteiger partial charge on any atom is -0.456 e. The summed E-state index contributed by atoms with van der Waals surface area (Å²) in [4.78, 5) is 0. The van der Waals surface area contributed by atoms with Gasteiger partial charge in [0.2, 0.25) is 0 Å². The Morgan fingerprint density at radius 1 is 0.259 bits per heavy atom. The number of rotatable bonds is 3. The van der Waals surface area contributed by atoms with Crippen molar-refractivity contribution in [1.82, 2.24) is 0 Å². The maximum Gasteiger partial charge on any atom is 0.143 e. The normalized spacial score (nSPS) is 11.7. The zero-order chi connectivity index (χ0) is 35.6. The zero-order valence-corrected chi connectivity index (χ0v) is 29.3. The minimum absolute atomic E-state index is 0.884. The van der Waals surface area contributed by atoms with Crippen molar-refractivity contribution in [3.63, 3.8) is 0 Å². The van der Waals surface area contributed by atoms with Gasteiger partial charge in [-0.15, -0.1) is 0 Å². The fourth-order valence-electron chi connectivity index (χ4n) is 8.31. The van der Waals surface area contributed by atoms with E-state index in [1.165, 1.54) is 38.2 Å². The molecule has 0 fully saturated rings. The van der Waals surface area contributed by atoms with E-state index in [4.69, 9.17) is 8.83 Å². The van der Waals surface area contributed by atoms with Crippen LogP contribution in [-0.2, 0) is 0 Å². The second kappa shape index (κ2) is 12.2. The molecule has 252 valence electrons. The Labute approximate surface area is 311 Å². The molecule has 2 heterocycles. The molecule has 0 amide bonds. The SMILES string of the molecule is c1cccc(-c2ccc3ccccc3c2)c2ccccc2c(-c2ccc(-c3ccc4oc5c(ccc6c5ccc5oc7ccccc7c56)c4c3)cc2)cc1. The maximum atomic E-state index is 6.57. The number of hydrogen-bond acceptors (Lipinski definition) is 2. The van der Waals surface area contributed by atoms with Crippen LogP contribution in [0.25, 0.3) is 110 Å². The van der Waals surface area contributed by atoms with Gasteiger partial charge in [0.1, 0.15) is 22.3 Å².